The average Bonchev–Trinajstić information content (AvgIpc) is 2.88. The average molecular weight is 285 g/mol. The van der Waals surface area contributed by atoms with Crippen molar-refractivity contribution in [3.63, 3.8) is 0 Å². The number of pyridine rings is 1. The first-order valence-electron chi connectivity index (χ1n) is 5.71. The Bertz CT molecular complexity index is 622. The highest BCUT2D eigenvalue weighted by Gasteiger charge is 2.36. The molecular formula is C12H10F3N3O2. The summed E-state index contributed by atoms with van der Waals surface area (Å²) < 4.78 is 41.0. The molecule has 0 atom stereocenters. The van der Waals surface area contributed by atoms with Crippen molar-refractivity contribution in [3.8, 4) is 0 Å². The van der Waals surface area contributed by atoms with Crippen molar-refractivity contribution in [1.29, 1.82) is 0 Å². The van der Waals surface area contributed by atoms with Crippen molar-refractivity contribution in [3.05, 3.63) is 41.4 Å². The van der Waals surface area contributed by atoms with Crippen LogP contribution in [-0.2, 0) is 12.6 Å². The molecule has 0 aliphatic rings. The third-order valence-electron chi connectivity index (χ3n) is 2.43. The predicted octanol–water partition coefficient (Wildman–Crippen LogP) is 2.90. The molecule has 2 heterocycles. The highest BCUT2D eigenvalue weighted by atomic mass is 19.4. The summed E-state index contributed by atoms with van der Waals surface area (Å²) in [7, 11) is 0. The molecular weight excluding hydrogens is 275 g/mol. The van der Waals surface area contributed by atoms with Gasteiger partial charge in [0, 0.05) is 11.8 Å². The number of alkyl halides is 3. The largest absolute Gasteiger partial charge is 0.452 e. The summed E-state index contributed by atoms with van der Waals surface area (Å²) in [6, 6.07) is 5.53. The van der Waals surface area contributed by atoms with Gasteiger partial charge >= 0.3 is 6.18 Å². The quantitative estimate of drug-likeness (QED) is 0.941. The molecule has 0 unspecified atom stereocenters. The molecule has 0 aliphatic carbocycles. The van der Waals surface area contributed by atoms with E-state index in [2.05, 4.69) is 20.0 Å². The molecule has 0 aliphatic heterocycles. The SMILES string of the molecule is CCc1cccc(NC(=O)c2cc(C(F)(F)F)on2)n1. The van der Waals surface area contributed by atoms with Crippen LogP contribution in [0.1, 0.15) is 28.9 Å². The number of rotatable bonds is 3. The van der Waals surface area contributed by atoms with Gasteiger partial charge in [0.05, 0.1) is 0 Å². The van der Waals surface area contributed by atoms with Crippen LogP contribution in [-0.4, -0.2) is 16.0 Å². The maximum absolute atomic E-state index is 12.3. The van der Waals surface area contributed by atoms with Gasteiger partial charge in [-0.2, -0.15) is 13.2 Å². The number of halogens is 3. The number of hydrogen-bond donors (Lipinski definition) is 1. The zero-order chi connectivity index (χ0) is 14.8. The molecule has 2 aromatic heterocycles. The number of hydrogen-bond acceptors (Lipinski definition) is 4. The van der Waals surface area contributed by atoms with E-state index in [0.717, 1.165) is 5.69 Å². The third-order valence-corrected chi connectivity index (χ3v) is 2.43. The van der Waals surface area contributed by atoms with E-state index in [0.29, 0.717) is 12.5 Å². The van der Waals surface area contributed by atoms with Gasteiger partial charge in [0.25, 0.3) is 5.91 Å². The molecule has 20 heavy (non-hydrogen) atoms. The molecule has 2 aromatic rings. The number of aryl methyl sites for hydroxylation is 1. The van der Waals surface area contributed by atoms with Crippen LogP contribution in [0.5, 0.6) is 0 Å². The van der Waals surface area contributed by atoms with Gasteiger partial charge in [-0.25, -0.2) is 4.98 Å². The molecule has 0 aromatic carbocycles. The van der Waals surface area contributed by atoms with Gasteiger partial charge in [-0.15, -0.1) is 0 Å². The summed E-state index contributed by atoms with van der Waals surface area (Å²) in [6.07, 6.45) is -4.00. The molecule has 0 saturated carbocycles. The Hall–Kier alpha value is -2.38. The van der Waals surface area contributed by atoms with E-state index in [1.807, 2.05) is 6.92 Å². The smallest absolute Gasteiger partial charge is 0.351 e. The maximum atomic E-state index is 12.3. The fourth-order valence-electron chi connectivity index (χ4n) is 1.44. The second-order valence-corrected chi connectivity index (χ2v) is 3.90. The van der Waals surface area contributed by atoms with Crippen LogP contribution in [0.25, 0.3) is 0 Å². The molecule has 0 spiro atoms. The molecule has 2 rings (SSSR count). The zero-order valence-corrected chi connectivity index (χ0v) is 10.4. The summed E-state index contributed by atoms with van der Waals surface area (Å²) in [6.45, 7) is 1.89. The minimum Gasteiger partial charge on any atom is -0.351 e. The Kier molecular flexibility index (Phi) is 3.73. The number of aromatic nitrogens is 2. The highest BCUT2D eigenvalue weighted by Crippen LogP contribution is 2.29. The third kappa shape index (κ3) is 3.14. The highest BCUT2D eigenvalue weighted by molar-refractivity contribution is 6.02. The van der Waals surface area contributed by atoms with Gasteiger partial charge in [0.1, 0.15) is 5.82 Å². The van der Waals surface area contributed by atoms with Gasteiger partial charge in [0.2, 0.25) is 5.76 Å². The molecule has 1 amide bonds. The van der Waals surface area contributed by atoms with Crippen LogP contribution in [0.15, 0.2) is 28.8 Å². The van der Waals surface area contributed by atoms with E-state index < -0.39 is 23.5 Å². The maximum Gasteiger partial charge on any atom is 0.452 e. The minimum atomic E-state index is -4.67. The van der Waals surface area contributed by atoms with Gasteiger partial charge in [0.15, 0.2) is 5.69 Å². The van der Waals surface area contributed by atoms with Crippen LogP contribution < -0.4 is 5.32 Å². The standard InChI is InChI=1S/C12H10F3N3O2/c1-2-7-4-3-5-10(16-7)17-11(19)8-6-9(20-18-8)12(13,14)15/h3-6H,2H2,1H3,(H,16,17,19). The molecule has 0 bridgehead atoms. The molecule has 0 saturated heterocycles. The normalized spacial score (nSPS) is 11.4. The van der Waals surface area contributed by atoms with Crippen molar-refractivity contribution < 1.29 is 22.5 Å². The Morgan fingerprint density at radius 3 is 2.75 bits per heavy atom. The van der Waals surface area contributed by atoms with E-state index in [1.165, 1.54) is 6.07 Å². The van der Waals surface area contributed by atoms with Crippen molar-refractivity contribution in [1.82, 2.24) is 10.1 Å². The number of carbonyl (C=O) groups excluding carboxylic acids is 1. The first-order chi connectivity index (χ1) is 9.40. The Morgan fingerprint density at radius 2 is 2.15 bits per heavy atom. The van der Waals surface area contributed by atoms with E-state index >= 15 is 0 Å². The topological polar surface area (TPSA) is 68.0 Å². The second-order valence-electron chi connectivity index (χ2n) is 3.90. The molecule has 1 N–H and O–H groups in total. The fraction of sp³-hybridized carbons (Fsp3) is 0.250. The lowest BCUT2D eigenvalue weighted by atomic mass is 10.3. The lowest BCUT2D eigenvalue weighted by Crippen LogP contribution is -2.13. The Balaban J connectivity index is 2.13. The number of anilines is 1. The van der Waals surface area contributed by atoms with E-state index in [4.69, 9.17) is 0 Å². The van der Waals surface area contributed by atoms with Crippen molar-refractivity contribution in [2.24, 2.45) is 0 Å². The van der Waals surface area contributed by atoms with Crippen LogP contribution in [0.3, 0.4) is 0 Å². The van der Waals surface area contributed by atoms with E-state index in [1.54, 1.807) is 12.1 Å². The Labute approximate surface area is 111 Å². The van der Waals surface area contributed by atoms with Crippen LogP contribution in [0, 0.1) is 0 Å². The van der Waals surface area contributed by atoms with Gasteiger partial charge in [-0.05, 0) is 18.6 Å². The predicted molar refractivity (Wildman–Crippen MR) is 63.1 cm³/mol. The summed E-state index contributed by atoms with van der Waals surface area (Å²) in [5.74, 6) is -1.89. The first-order valence-corrected chi connectivity index (χ1v) is 5.71. The van der Waals surface area contributed by atoms with Crippen molar-refractivity contribution in [2.45, 2.75) is 19.5 Å². The summed E-state index contributed by atoms with van der Waals surface area (Å²) in [5, 5.41) is 5.44. The molecule has 0 fully saturated rings. The molecule has 8 heteroatoms. The summed E-state index contributed by atoms with van der Waals surface area (Å²) in [4.78, 5) is 15.8. The number of amides is 1. The molecule has 106 valence electrons. The monoisotopic (exact) mass is 285 g/mol. The van der Waals surface area contributed by atoms with Gasteiger partial charge in [-0.1, -0.05) is 18.1 Å². The second kappa shape index (κ2) is 5.32. The summed E-state index contributed by atoms with van der Waals surface area (Å²) >= 11 is 0. The van der Waals surface area contributed by atoms with Gasteiger partial charge in [-0.3, -0.25) is 4.79 Å². The van der Waals surface area contributed by atoms with Crippen LogP contribution in [0.2, 0.25) is 0 Å². The first kappa shape index (κ1) is 14.0. The van der Waals surface area contributed by atoms with Crippen molar-refractivity contribution >= 4 is 11.7 Å². The van der Waals surface area contributed by atoms with Gasteiger partial charge < -0.3 is 9.84 Å². The number of nitrogens with one attached hydrogen (secondary N) is 1. The lowest BCUT2D eigenvalue weighted by molar-refractivity contribution is -0.155. The lowest BCUT2D eigenvalue weighted by Gasteiger charge is -2.03. The minimum absolute atomic E-state index is 0.242. The fourth-order valence-corrected chi connectivity index (χ4v) is 1.44. The van der Waals surface area contributed by atoms with Crippen LogP contribution in [0.4, 0.5) is 19.0 Å². The van der Waals surface area contributed by atoms with Crippen molar-refractivity contribution in [2.75, 3.05) is 5.32 Å². The Morgan fingerprint density at radius 1 is 1.40 bits per heavy atom. The molecule has 5 nitrogen and oxygen atoms in total. The number of carbonyl (C=O) groups is 1. The molecule has 0 radical (unpaired) electrons. The van der Waals surface area contributed by atoms with Crippen LogP contribution >= 0.6 is 0 Å². The van der Waals surface area contributed by atoms with E-state index in [-0.39, 0.29) is 5.82 Å². The zero-order valence-electron chi connectivity index (χ0n) is 10.4. The number of nitrogens with zero attached hydrogens (tertiary/aromatic N) is 2. The summed E-state index contributed by atoms with van der Waals surface area (Å²) in [5.41, 5.74) is 0.292. The van der Waals surface area contributed by atoms with E-state index in [9.17, 15) is 18.0 Å².